The minimum atomic E-state index is -0.437. The highest BCUT2D eigenvalue weighted by Crippen LogP contribution is 2.32. The van der Waals surface area contributed by atoms with Crippen molar-refractivity contribution in [2.24, 2.45) is 0 Å². The number of rotatable bonds is 3. The molecular weight excluding hydrogens is 268 g/mol. The van der Waals surface area contributed by atoms with Crippen molar-refractivity contribution in [3.05, 3.63) is 64.2 Å². The summed E-state index contributed by atoms with van der Waals surface area (Å²) in [4.78, 5) is 10.2. The van der Waals surface area contributed by atoms with Crippen LogP contribution in [0.5, 0.6) is 0 Å². The molecule has 104 valence electrons. The lowest BCUT2D eigenvalue weighted by molar-refractivity contribution is -0.384. The molecule has 1 aliphatic rings. The second-order valence-corrected chi connectivity index (χ2v) is 4.76. The molecule has 0 amide bonds. The first-order valence-corrected chi connectivity index (χ1v) is 6.47. The first kappa shape index (κ1) is 12.9. The molecule has 0 radical (unpaired) electrons. The molecule has 2 aromatic carbocycles. The molecule has 3 rings (SSSR count). The Morgan fingerprint density at radius 3 is 2.62 bits per heavy atom. The highest BCUT2D eigenvalue weighted by molar-refractivity contribution is 5.65. The summed E-state index contributed by atoms with van der Waals surface area (Å²) in [6, 6.07) is 15.9. The molecule has 2 aromatic rings. The van der Waals surface area contributed by atoms with E-state index in [2.05, 4.69) is 11.5 Å². The van der Waals surface area contributed by atoms with Crippen LogP contribution in [-0.4, -0.2) is 11.0 Å². The molecule has 1 heterocycles. The Hall–Kier alpha value is -3.07. The molecule has 0 spiro atoms. The predicted octanol–water partition coefficient (Wildman–Crippen LogP) is 2.88. The fourth-order valence-corrected chi connectivity index (χ4v) is 2.42. The number of nitro groups is 1. The zero-order chi connectivity index (χ0) is 14.8. The van der Waals surface area contributed by atoms with E-state index in [9.17, 15) is 15.4 Å². The number of hydrazine groups is 1. The molecule has 0 aromatic heterocycles. The number of anilines is 2. The Morgan fingerprint density at radius 2 is 1.95 bits per heavy atom. The van der Waals surface area contributed by atoms with E-state index in [1.165, 1.54) is 12.1 Å². The molecule has 21 heavy (non-hydrogen) atoms. The van der Waals surface area contributed by atoms with Gasteiger partial charge in [-0.15, -0.1) is 0 Å². The van der Waals surface area contributed by atoms with Gasteiger partial charge in [0.05, 0.1) is 22.4 Å². The smallest absolute Gasteiger partial charge is 0.269 e. The Balaban J connectivity index is 1.86. The van der Waals surface area contributed by atoms with Crippen LogP contribution in [0.2, 0.25) is 0 Å². The second-order valence-electron chi connectivity index (χ2n) is 4.76. The van der Waals surface area contributed by atoms with Crippen LogP contribution in [0.4, 0.5) is 17.1 Å². The minimum Gasteiger partial charge on any atom is -0.297 e. The van der Waals surface area contributed by atoms with Gasteiger partial charge in [-0.2, -0.15) is 5.26 Å². The molecule has 1 atom stereocenters. The van der Waals surface area contributed by atoms with Crippen LogP contribution in [0.15, 0.2) is 48.5 Å². The number of nitriles is 1. The van der Waals surface area contributed by atoms with E-state index in [0.717, 1.165) is 11.3 Å². The number of nitrogens with one attached hydrogen (secondary N) is 1. The average Bonchev–Trinajstić information content (AvgIpc) is 2.86. The van der Waals surface area contributed by atoms with E-state index >= 15 is 0 Å². The first-order chi connectivity index (χ1) is 10.2. The zero-order valence-electron chi connectivity index (χ0n) is 11.1. The number of hydrogen-bond donors (Lipinski definition) is 1. The first-order valence-electron chi connectivity index (χ1n) is 6.47. The number of nitrogens with zero attached hydrogens (tertiary/aromatic N) is 3. The lowest BCUT2D eigenvalue weighted by Crippen LogP contribution is -2.36. The third-order valence-corrected chi connectivity index (χ3v) is 3.45. The summed E-state index contributed by atoms with van der Waals surface area (Å²) in [5.41, 5.74) is 5.97. The summed E-state index contributed by atoms with van der Waals surface area (Å²) in [5, 5.41) is 21.7. The summed E-state index contributed by atoms with van der Waals surface area (Å²) in [6.45, 7) is 0. The molecule has 1 unspecified atom stereocenters. The van der Waals surface area contributed by atoms with Gasteiger partial charge in [0.25, 0.3) is 5.69 Å². The lowest BCUT2D eigenvalue weighted by Gasteiger charge is -2.24. The number of para-hydroxylation sites is 1. The molecule has 6 heteroatoms. The predicted molar refractivity (Wildman–Crippen MR) is 78.7 cm³/mol. The Labute approximate surface area is 121 Å². The van der Waals surface area contributed by atoms with Crippen LogP contribution in [0.25, 0.3) is 0 Å². The molecule has 0 aliphatic carbocycles. The Bertz CT molecular complexity index is 721. The van der Waals surface area contributed by atoms with Gasteiger partial charge in [0.15, 0.2) is 0 Å². The zero-order valence-corrected chi connectivity index (χ0v) is 11.1. The van der Waals surface area contributed by atoms with Crippen molar-refractivity contribution >= 4 is 17.1 Å². The molecule has 0 saturated heterocycles. The fraction of sp³-hybridized carbons (Fsp3) is 0.133. The highest BCUT2D eigenvalue weighted by Gasteiger charge is 2.29. The van der Waals surface area contributed by atoms with Gasteiger partial charge in [0.2, 0.25) is 0 Å². The maximum absolute atomic E-state index is 10.7. The van der Waals surface area contributed by atoms with Crippen LogP contribution < -0.4 is 10.4 Å². The van der Waals surface area contributed by atoms with Crippen LogP contribution in [0, 0.1) is 21.4 Å². The quantitative estimate of drug-likeness (QED) is 0.690. The van der Waals surface area contributed by atoms with Crippen molar-refractivity contribution in [2.45, 2.75) is 12.5 Å². The van der Waals surface area contributed by atoms with Gasteiger partial charge in [0.1, 0.15) is 6.04 Å². The molecule has 1 aliphatic heterocycles. The summed E-state index contributed by atoms with van der Waals surface area (Å²) < 4.78 is 0. The van der Waals surface area contributed by atoms with Gasteiger partial charge in [-0.3, -0.25) is 20.5 Å². The van der Waals surface area contributed by atoms with E-state index in [0.29, 0.717) is 12.1 Å². The number of non-ortho nitro benzene ring substituents is 1. The van der Waals surface area contributed by atoms with Gasteiger partial charge in [0, 0.05) is 18.6 Å². The summed E-state index contributed by atoms with van der Waals surface area (Å²) in [6.07, 6.45) is 0.659. The Morgan fingerprint density at radius 1 is 1.24 bits per heavy atom. The molecule has 1 N–H and O–H groups in total. The summed E-state index contributed by atoms with van der Waals surface area (Å²) in [7, 11) is 0. The van der Waals surface area contributed by atoms with Crippen molar-refractivity contribution in [2.75, 3.05) is 10.4 Å². The van der Waals surface area contributed by atoms with Crippen LogP contribution in [0.3, 0.4) is 0 Å². The van der Waals surface area contributed by atoms with Gasteiger partial charge >= 0.3 is 0 Å². The number of nitro benzene ring substituents is 1. The number of hydrogen-bond acceptors (Lipinski definition) is 5. The van der Waals surface area contributed by atoms with Gasteiger partial charge in [-0.05, 0) is 23.8 Å². The number of fused-ring (bicyclic) bond motifs is 1. The third-order valence-electron chi connectivity index (χ3n) is 3.45. The van der Waals surface area contributed by atoms with E-state index in [-0.39, 0.29) is 11.7 Å². The van der Waals surface area contributed by atoms with E-state index in [4.69, 9.17) is 0 Å². The average molecular weight is 280 g/mol. The minimum absolute atomic E-state index is 0.0409. The SMILES string of the molecule is N#CC1Cc2ccccc2N1Nc1ccc([N+](=O)[O-])cc1. The maximum atomic E-state index is 10.7. The molecular formula is C15H12N4O2. The summed E-state index contributed by atoms with van der Waals surface area (Å²) in [5.74, 6) is 0. The van der Waals surface area contributed by atoms with Gasteiger partial charge in [-0.25, -0.2) is 0 Å². The topological polar surface area (TPSA) is 82.2 Å². The van der Waals surface area contributed by atoms with Crippen LogP contribution >= 0.6 is 0 Å². The van der Waals surface area contributed by atoms with Crippen molar-refractivity contribution in [3.63, 3.8) is 0 Å². The van der Waals surface area contributed by atoms with Gasteiger partial charge < -0.3 is 0 Å². The number of benzene rings is 2. The Kier molecular flexibility index (Phi) is 3.16. The van der Waals surface area contributed by atoms with Crippen LogP contribution in [0.1, 0.15) is 5.56 Å². The molecule has 0 bridgehead atoms. The van der Waals surface area contributed by atoms with Crippen LogP contribution in [-0.2, 0) is 6.42 Å². The van der Waals surface area contributed by atoms with Crippen molar-refractivity contribution in [3.8, 4) is 6.07 Å². The summed E-state index contributed by atoms with van der Waals surface area (Å²) >= 11 is 0. The monoisotopic (exact) mass is 280 g/mol. The maximum Gasteiger partial charge on any atom is 0.269 e. The van der Waals surface area contributed by atoms with Gasteiger partial charge in [-0.1, -0.05) is 18.2 Å². The normalized spacial score (nSPS) is 16.1. The highest BCUT2D eigenvalue weighted by atomic mass is 16.6. The standard InChI is InChI=1S/C15H12N4O2/c16-10-14-9-11-3-1-2-4-15(11)18(14)17-12-5-7-13(8-6-12)19(20)21/h1-8,14,17H,9H2. The van der Waals surface area contributed by atoms with E-state index in [1.807, 2.05) is 24.3 Å². The second kappa shape index (κ2) is 5.13. The lowest BCUT2D eigenvalue weighted by atomic mass is 10.1. The molecule has 6 nitrogen and oxygen atoms in total. The molecule has 0 fully saturated rings. The molecule has 0 saturated carbocycles. The third kappa shape index (κ3) is 2.37. The van der Waals surface area contributed by atoms with Crippen molar-refractivity contribution < 1.29 is 4.92 Å². The van der Waals surface area contributed by atoms with E-state index in [1.54, 1.807) is 17.1 Å². The largest absolute Gasteiger partial charge is 0.297 e. The van der Waals surface area contributed by atoms with Crippen molar-refractivity contribution in [1.82, 2.24) is 0 Å². The van der Waals surface area contributed by atoms with E-state index < -0.39 is 4.92 Å². The van der Waals surface area contributed by atoms with Crippen molar-refractivity contribution in [1.29, 1.82) is 5.26 Å². The fourth-order valence-electron chi connectivity index (χ4n) is 2.42.